The average molecular weight is 527 g/mol. The molecule has 0 radical (unpaired) electrons. The summed E-state index contributed by atoms with van der Waals surface area (Å²) in [4.78, 5) is 49.8. The van der Waals surface area contributed by atoms with Crippen LogP contribution in [-0.4, -0.2) is 39.5 Å². The van der Waals surface area contributed by atoms with Gasteiger partial charge in [-0.1, -0.05) is 35.3 Å². The first kappa shape index (κ1) is 24.2. The lowest BCUT2D eigenvalue weighted by atomic mass is 10.2. The minimum atomic E-state index is -1.85. The fourth-order valence-corrected chi connectivity index (χ4v) is 3.92. The Kier molecular flexibility index (Phi) is 6.50. The molecule has 35 heavy (non-hydrogen) atoms. The summed E-state index contributed by atoms with van der Waals surface area (Å²) in [5.74, 6) is -3.14. The van der Waals surface area contributed by atoms with Crippen molar-refractivity contribution in [1.29, 1.82) is 0 Å². The lowest BCUT2D eigenvalue weighted by Gasteiger charge is -2.18. The largest absolute Gasteiger partial charge is 0.511 e. The van der Waals surface area contributed by atoms with Crippen LogP contribution in [0.5, 0.6) is 5.75 Å². The Labute approximate surface area is 204 Å². The Balaban J connectivity index is 1.89. The molecule has 1 aromatic heterocycles. The molecule has 1 saturated heterocycles. The van der Waals surface area contributed by atoms with Gasteiger partial charge < -0.3 is 15.2 Å². The van der Waals surface area contributed by atoms with Gasteiger partial charge in [0.25, 0.3) is 5.56 Å². The lowest BCUT2D eigenvalue weighted by molar-refractivity contribution is 0.143. The van der Waals surface area contributed by atoms with E-state index in [0.717, 1.165) is 17.0 Å². The Bertz CT molecular complexity index is 1470. The SMILES string of the molecule is O=C(O)Oc1cn(-c2cc(F)c(N3CCNC3=O)c(F)c2)c(=O)n(Cc2cccc(Cl)c2Cl)c1=O. The fraction of sp³-hybridized carbons (Fsp3) is 0.143. The van der Waals surface area contributed by atoms with E-state index in [1.54, 1.807) is 0 Å². The summed E-state index contributed by atoms with van der Waals surface area (Å²) in [5, 5.41) is 11.6. The van der Waals surface area contributed by atoms with Gasteiger partial charge in [-0.3, -0.25) is 18.8 Å². The van der Waals surface area contributed by atoms with Crippen LogP contribution in [0.25, 0.3) is 5.69 Å². The zero-order valence-electron chi connectivity index (χ0n) is 17.4. The number of hydrogen-bond acceptors (Lipinski definition) is 5. The van der Waals surface area contributed by atoms with Gasteiger partial charge in [-0.2, -0.15) is 0 Å². The van der Waals surface area contributed by atoms with Crippen LogP contribution in [0, 0.1) is 11.6 Å². The number of anilines is 1. The number of carbonyl (C=O) groups is 2. The standard InChI is InChI=1S/C21H14Cl2F2N4O6/c22-12-3-1-2-10(16(12)23)8-29-18(30)15(35-21(33)34)9-28(20(29)32)11-6-13(24)17(14(25)7-11)27-5-4-26-19(27)31/h1-3,6-7,9H,4-5,8H2,(H,26,31)(H,33,34). The summed E-state index contributed by atoms with van der Waals surface area (Å²) in [7, 11) is 0. The van der Waals surface area contributed by atoms with Crippen molar-refractivity contribution >= 4 is 41.1 Å². The normalized spacial score (nSPS) is 13.1. The zero-order valence-corrected chi connectivity index (χ0v) is 18.9. The topological polar surface area (TPSA) is 123 Å². The number of carbonyl (C=O) groups excluding carboxylic acids is 1. The van der Waals surface area contributed by atoms with Crippen molar-refractivity contribution in [3.8, 4) is 11.4 Å². The highest BCUT2D eigenvalue weighted by atomic mass is 35.5. The number of carboxylic acid groups (broad SMARTS) is 1. The number of benzene rings is 2. The van der Waals surface area contributed by atoms with E-state index in [0.29, 0.717) is 15.3 Å². The number of hydrogen-bond donors (Lipinski definition) is 2. The molecule has 4 rings (SSSR count). The van der Waals surface area contributed by atoms with Crippen LogP contribution in [0.15, 0.2) is 46.1 Å². The van der Waals surface area contributed by atoms with Gasteiger partial charge in [-0.25, -0.2) is 23.2 Å². The first-order valence-corrected chi connectivity index (χ1v) is 10.6. The van der Waals surface area contributed by atoms with E-state index < -0.39 is 58.7 Å². The number of nitrogens with zero attached hydrogens (tertiary/aromatic N) is 3. The molecule has 0 saturated carbocycles. The molecule has 1 aliphatic heterocycles. The molecule has 0 unspecified atom stereocenters. The summed E-state index contributed by atoms with van der Waals surface area (Å²) in [6, 6.07) is 5.30. The van der Waals surface area contributed by atoms with Crippen molar-refractivity contribution < 1.29 is 28.2 Å². The van der Waals surface area contributed by atoms with Gasteiger partial charge in [0.2, 0.25) is 5.75 Å². The molecule has 1 aliphatic rings. The van der Waals surface area contributed by atoms with Crippen molar-refractivity contribution in [3.05, 3.63) is 84.6 Å². The van der Waals surface area contributed by atoms with Crippen molar-refractivity contribution in [3.63, 3.8) is 0 Å². The van der Waals surface area contributed by atoms with Crippen LogP contribution in [0.4, 0.5) is 24.1 Å². The highest BCUT2D eigenvalue weighted by molar-refractivity contribution is 6.42. The summed E-state index contributed by atoms with van der Waals surface area (Å²) in [6.45, 7) is -0.245. The van der Waals surface area contributed by atoms with Crippen molar-refractivity contribution in [2.75, 3.05) is 18.0 Å². The van der Waals surface area contributed by atoms with Crippen molar-refractivity contribution in [2.24, 2.45) is 0 Å². The number of nitrogens with one attached hydrogen (secondary N) is 1. The van der Waals surface area contributed by atoms with Gasteiger partial charge in [0.05, 0.1) is 28.5 Å². The van der Waals surface area contributed by atoms with Gasteiger partial charge in [0.1, 0.15) is 5.69 Å². The third-order valence-electron chi connectivity index (χ3n) is 5.10. The second-order valence-electron chi connectivity index (χ2n) is 7.26. The van der Waals surface area contributed by atoms with E-state index in [1.165, 1.54) is 18.2 Å². The molecule has 2 N–H and O–H groups in total. The summed E-state index contributed by atoms with van der Waals surface area (Å²) in [5.41, 5.74) is -2.98. The highest BCUT2D eigenvalue weighted by Gasteiger charge is 2.28. The second kappa shape index (κ2) is 9.39. The molecule has 2 aromatic carbocycles. The second-order valence-corrected chi connectivity index (χ2v) is 8.04. The molecule has 14 heteroatoms. The van der Waals surface area contributed by atoms with E-state index in [-0.39, 0.29) is 28.7 Å². The maximum atomic E-state index is 14.9. The molecule has 182 valence electrons. The minimum absolute atomic E-state index is 0.0217. The number of amides is 2. The molecule has 0 aliphatic carbocycles. The van der Waals surface area contributed by atoms with Gasteiger partial charge in [-0.15, -0.1) is 0 Å². The molecular formula is C21H14Cl2F2N4O6. The van der Waals surface area contributed by atoms with Gasteiger partial charge >= 0.3 is 17.9 Å². The average Bonchev–Trinajstić information content (AvgIpc) is 3.20. The molecule has 1 fully saturated rings. The predicted octanol–water partition coefficient (Wildman–Crippen LogP) is 3.22. The quantitative estimate of drug-likeness (QED) is 0.492. The summed E-state index contributed by atoms with van der Waals surface area (Å²) >= 11 is 12.1. The third kappa shape index (κ3) is 4.57. The van der Waals surface area contributed by atoms with E-state index in [4.69, 9.17) is 28.3 Å². The van der Waals surface area contributed by atoms with Crippen LogP contribution in [-0.2, 0) is 6.54 Å². The van der Waals surface area contributed by atoms with Gasteiger partial charge in [0, 0.05) is 25.2 Å². The van der Waals surface area contributed by atoms with Crippen LogP contribution in [0.3, 0.4) is 0 Å². The molecular weight excluding hydrogens is 513 g/mol. The summed E-state index contributed by atoms with van der Waals surface area (Å²) < 4.78 is 35.5. The van der Waals surface area contributed by atoms with Crippen LogP contribution in [0.1, 0.15) is 5.56 Å². The molecule has 0 bridgehead atoms. The Morgan fingerprint density at radius 2 is 1.83 bits per heavy atom. The Morgan fingerprint density at radius 1 is 1.14 bits per heavy atom. The smallest absolute Gasteiger partial charge is 0.449 e. The number of urea groups is 1. The molecule has 2 amide bonds. The fourth-order valence-electron chi connectivity index (χ4n) is 3.54. The maximum absolute atomic E-state index is 14.9. The number of rotatable bonds is 5. The van der Waals surface area contributed by atoms with Crippen molar-refractivity contribution in [2.45, 2.75) is 6.54 Å². The molecule has 3 aromatic rings. The Hall–Kier alpha value is -3.90. The number of aromatic nitrogens is 2. The van der Waals surface area contributed by atoms with Crippen LogP contribution in [0.2, 0.25) is 10.0 Å². The molecule has 0 spiro atoms. The predicted molar refractivity (Wildman–Crippen MR) is 121 cm³/mol. The molecule has 10 nitrogen and oxygen atoms in total. The van der Waals surface area contributed by atoms with Gasteiger partial charge in [-0.05, 0) is 11.6 Å². The number of halogens is 4. The molecule has 0 atom stereocenters. The lowest BCUT2D eigenvalue weighted by Crippen LogP contribution is -2.40. The third-order valence-corrected chi connectivity index (χ3v) is 5.96. The van der Waals surface area contributed by atoms with Crippen LogP contribution >= 0.6 is 23.2 Å². The zero-order chi connectivity index (χ0) is 25.4. The van der Waals surface area contributed by atoms with E-state index in [1.807, 2.05) is 0 Å². The number of ether oxygens (including phenoxy) is 1. The van der Waals surface area contributed by atoms with E-state index in [2.05, 4.69) is 10.1 Å². The highest BCUT2D eigenvalue weighted by Crippen LogP contribution is 2.28. The molecule has 2 heterocycles. The maximum Gasteiger partial charge on any atom is 0.511 e. The first-order valence-electron chi connectivity index (χ1n) is 9.83. The monoisotopic (exact) mass is 526 g/mol. The first-order chi connectivity index (χ1) is 16.6. The van der Waals surface area contributed by atoms with E-state index >= 15 is 0 Å². The minimum Gasteiger partial charge on any atom is -0.449 e. The van der Waals surface area contributed by atoms with E-state index in [9.17, 15) is 28.0 Å². The summed E-state index contributed by atoms with van der Waals surface area (Å²) in [6.07, 6.45) is -1.15. The van der Waals surface area contributed by atoms with Gasteiger partial charge in [0.15, 0.2) is 11.6 Å². The Morgan fingerprint density at radius 3 is 2.43 bits per heavy atom. The van der Waals surface area contributed by atoms with Crippen molar-refractivity contribution in [1.82, 2.24) is 14.5 Å². The van der Waals surface area contributed by atoms with Crippen LogP contribution < -0.4 is 26.2 Å².